The number of nitrogens with zero attached hydrogens (tertiary/aromatic N) is 2. The lowest BCUT2D eigenvalue weighted by molar-refractivity contribution is 0.578. The van der Waals surface area contributed by atoms with E-state index in [1.807, 2.05) is 22.7 Å². The second-order valence-corrected chi connectivity index (χ2v) is 18.7. The number of thiophene rings is 2. The minimum atomic E-state index is 0.0681. The summed E-state index contributed by atoms with van der Waals surface area (Å²) in [7, 11) is 0. The zero-order chi connectivity index (χ0) is 39.0. The zero-order valence-corrected chi connectivity index (χ0v) is 34.8. The highest BCUT2D eigenvalue weighted by molar-refractivity contribution is 7.25. The Morgan fingerprint density at radius 1 is 0.525 bits per heavy atom. The van der Waals surface area contributed by atoms with E-state index in [1.165, 1.54) is 96.5 Å². The summed E-state index contributed by atoms with van der Waals surface area (Å²) in [6.07, 6.45) is 15.0. The van der Waals surface area contributed by atoms with Gasteiger partial charge in [0.05, 0.1) is 6.04 Å². The van der Waals surface area contributed by atoms with Crippen LogP contribution in [0.4, 0.5) is 22.7 Å². The van der Waals surface area contributed by atoms with E-state index in [1.54, 1.807) is 0 Å². The number of allylic oxidation sites excluding steroid dienone is 2. The average molecular weight is 797 g/mol. The third kappa shape index (κ3) is 5.64. The summed E-state index contributed by atoms with van der Waals surface area (Å²) in [5.74, 6) is 0.182. The van der Waals surface area contributed by atoms with Crippen LogP contribution in [0.15, 0.2) is 164 Å². The SMILES string of the molecule is CC1c2c(cc(N(c3ccc4sc5c(c4c3)CCC=C5)C3CC=CCC3)c3ccccc23)-c2ccccc2C1N(c1ccccc1)c1ccc2sc3ccccc3c2c1. The van der Waals surface area contributed by atoms with Crippen molar-refractivity contribution < 1.29 is 0 Å². The Balaban J connectivity index is 1.07. The molecule has 286 valence electrons. The van der Waals surface area contributed by atoms with Crippen LogP contribution < -0.4 is 9.80 Å². The molecule has 3 aliphatic rings. The van der Waals surface area contributed by atoms with Crippen LogP contribution in [0.5, 0.6) is 0 Å². The first-order valence-corrected chi connectivity index (χ1v) is 22.9. The van der Waals surface area contributed by atoms with E-state index in [4.69, 9.17) is 0 Å². The third-order valence-corrected chi connectivity index (χ3v) is 15.6. The number of hydrogen-bond donors (Lipinski definition) is 0. The van der Waals surface area contributed by atoms with Crippen molar-refractivity contribution in [3.8, 4) is 11.1 Å². The van der Waals surface area contributed by atoms with Gasteiger partial charge in [0.25, 0.3) is 0 Å². The number of aryl methyl sites for hydroxylation is 1. The first kappa shape index (κ1) is 35.0. The third-order valence-electron chi connectivity index (χ3n) is 13.3. The van der Waals surface area contributed by atoms with Gasteiger partial charge in [-0.05, 0) is 137 Å². The largest absolute Gasteiger partial charge is 0.338 e. The normalized spacial score (nSPS) is 18.3. The monoisotopic (exact) mass is 796 g/mol. The Morgan fingerprint density at radius 2 is 1.24 bits per heavy atom. The molecule has 0 amide bonds. The highest BCUT2D eigenvalue weighted by Gasteiger charge is 2.38. The number of fused-ring (bicyclic) bond motifs is 11. The summed E-state index contributed by atoms with van der Waals surface area (Å²) in [4.78, 5) is 6.79. The van der Waals surface area contributed by atoms with Crippen LogP contribution in [0.25, 0.3) is 58.2 Å². The lowest BCUT2D eigenvalue weighted by Gasteiger charge is -2.43. The molecule has 0 bridgehead atoms. The first-order valence-electron chi connectivity index (χ1n) is 21.3. The second-order valence-electron chi connectivity index (χ2n) is 16.6. The molecule has 0 saturated carbocycles. The number of anilines is 4. The molecule has 4 heteroatoms. The topological polar surface area (TPSA) is 6.48 Å². The maximum atomic E-state index is 2.73. The lowest BCUT2D eigenvalue weighted by Crippen LogP contribution is -2.33. The van der Waals surface area contributed by atoms with Crippen molar-refractivity contribution in [3.63, 3.8) is 0 Å². The average Bonchev–Trinajstić information content (AvgIpc) is 3.86. The fraction of sp³-hybridized carbons (Fsp3) is 0.164. The quantitative estimate of drug-likeness (QED) is 0.155. The van der Waals surface area contributed by atoms with E-state index in [-0.39, 0.29) is 12.0 Å². The molecule has 3 unspecified atom stereocenters. The molecule has 2 aromatic heterocycles. The first-order chi connectivity index (χ1) is 29.2. The Morgan fingerprint density at radius 3 is 2.08 bits per heavy atom. The van der Waals surface area contributed by atoms with Crippen LogP contribution in [0, 0.1) is 0 Å². The van der Waals surface area contributed by atoms with E-state index >= 15 is 0 Å². The lowest BCUT2D eigenvalue weighted by atomic mass is 9.73. The van der Waals surface area contributed by atoms with E-state index in [0.29, 0.717) is 6.04 Å². The maximum absolute atomic E-state index is 2.73. The molecule has 12 rings (SSSR count). The molecular weight excluding hydrogens is 753 g/mol. The van der Waals surface area contributed by atoms with Gasteiger partial charge in [0.1, 0.15) is 0 Å². The van der Waals surface area contributed by atoms with E-state index in [0.717, 1.165) is 32.1 Å². The summed E-state index contributed by atoms with van der Waals surface area (Å²) in [5.41, 5.74) is 12.1. The molecule has 2 heterocycles. The van der Waals surface area contributed by atoms with Crippen molar-refractivity contribution in [2.45, 2.75) is 57.0 Å². The van der Waals surface area contributed by atoms with Crippen LogP contribution in [0.2, 0.25) is 0 Å². The maximum Gasteiger partial charge on any atom is 0.0663 e. The van der Waals surface area contributed by atoms with Crippen molar-refractivity contribution >= 4 is 92.5 Å². The molecule has 0 saturated heterocycles. The Bertz CT molecular complexity index is 3150. The van der Waals surface area contributed by atoms with Gasteiger partial charge < -0.3 is 9.80 Å². The fourth-order valence-corrected chi connectivity index (χ4v) is 12.9. The molecule has 59 heavy (non-hydrogen) atoms. The Kier molecular flexibility index (Phi) is 8.38. The molecule has 0 aliphatic heterocycles. The highest BCUT2D eigenvalue weighted by atomic mass is 32.1. The van der Waals surface area contributed by atoms with Crippen molar-refractivity contribution in [3.05, 3.63) is 185 Å². The van der Waals surface area contributed by atoms with Crippen molar-refractivity contribution in [2.75, 3.05) is 9.80 Å². The standard InChI is InChI=1S/C55H44N2S2/c1-35-54-44-24-10-9-21-41(44)49(56(36-16-4-2-5-17-36)38-28-30-52-46(32-38)42-22-12-14-26-50(42)58-52)34-48(54)40-20-8-11-25-45(40)55(35)57(37-18-6-3-7-19-37)39-29-31-53-47(33-39)43-23-13-15-27-51(43)59-53/h2-4,6-11,13-15,18-21,23-36,55H,5,12,16-17,22H2,1H3. The molecular formula is C55H44N2S2. The van der Waals surface area contributed by atoms with Gasteiger partial charge in [-0.3, -0.25) is 0 Å². The van der Waals surface area contributed by atoms with Gasteiger partial charge in [0, 0.05) is 69.8 Å². The molecule has 0 N–H and O–H groups in total. The summed E-state index contributed by atoms with van der Waals surface area (Å²) >= 11 is 3.83. The van der Waals surface area contributed by atoms with E-state index in [2.05, 4.69) is 187 Å². The van der Waals surface area contributed by atoms with Crippen molar-refractivity contribution in [1.29, 1.82) is 0 Å². The van der Waals surface area contributed by atoms with Gasteiger partial charge in [-0.25, -0.2) is 0 Å². The Hall–Kier alpha value is -5.94. The molecule has 3 atom stereocenters. The van der Waals surface area contributed by atoms with Gasteiger partial charge in [-0.1, -0.05) is 110 Å². The molecule has 3 aliphatic carbocycles. The molecule has 0 radical (unpaired) electrons. The number of hydrogen-bond acceptors (Lipinski definition) is 4. The van der Waals surface area contributed by atoms with Crippen LogP contribution >= 0.6 is 22.7 Å². The van der Waals surface area contributed by atoms with Crippen LogP contribution in [-0.2, 0) is 6.42 Å². The molecule has 7 aromatic carbocycles. The van der Waals surface area contributed by atoms with Crippen LogP contribution in [0.3, 0.4) is 0 Å². The van der Waals surface area contributed by atoms with Crippen molar-refractivity contribution in [2.24, 2.45) is 0 Å². The summed E-state index contributed by atoms with van der Waals surface area (Å²) in [6.45, 7) is 2.48. The predicted octanol–water partition coefficient (Wildman–Crippen LogP) is 16.3. The van der Waals surface area contributed by atoms with Crippen LogP contribution in [0.1, 0.15) is 66.1 Å². The van der Waals surface area contributed by atoms with E-state index in [9.17, 15) is 0 Å². The van der Waals surface area contributed by atoms with Gasteiger partial charge in [-0.2, -0.15) is 0 Å². The minimum absolute atomic E-state index is 0.0681. The fourth-order valence-electron chi connectivity index (χ4n) is 10.7. The van der Waals surface area contributed by atoms with Gasteiger partial charge in [0.15, 0.2) is 0 Å². The van der Waals surface area contributed by atoms with Gasteiger partial charge >= 0.3 is 0 Å². The number of benzene rings is 7. The van der Waals surface area contributed by atoms with Crippen LogP contribution in [-0.4, -0.2) is 6.04 Å². The molecule has 0 fully saturated rings. The van der Waals surface area contributed by atoms with Crippen molar-refractivity contribution in [1.82, 2.24) is 0 Å². The van der Waals surface area contributed by atoms with Gasteiger partial charge in [0.2, 0.25) is 0 Å². The highest BCUT2D eigenvalue weighted by Crippen LogP contribution is 2.56. The minimum Gasteiger partial charge on any atom is -0.338 e. The van der Waals surface area contributed by atoms with Gasteiger partial charge in [-0.15, -0.1) is 22.7 Å². The summed E-state index contributed by atoms with van der Waals surface area (Å²) in [6, 6.07) is 56.0. The Labute approximate surface area is 354 Å². The summed E-state index contributed by atoms with van der Waals surface area (Å²) < 4.78 is 4.06. The molecule has 0 spiro atoms. The number of para-hydroxylation sites is 1. The summed E-state index contributed by atoms with van der Waals surface area (Å²) in [5, 5.41) is 6.78. The van der Waals surface area contributed by atoms with E-state index < -0.39 is 0 Å². The number of rotatable bonds is 6. The second kappa shape index (κ2) is 14.1. The predicted molar refractivity (Wildman–Crippen MR) is 257 cm³/mol. The zero-order valence-electron chi connectivity index (χ0n) is 33.1. The molecule has 2 nitrogen and oxygen atoms in total. The molecule has 9 aromatic rings. The smallest absolute Gasteiger partial charge is 0.0663 e.